The average Bonchev–Trinajstić information content (AvgIpc) is 2.68. The van der Waals surface area contributed by atoms with Crippen LogP contribution in [0.1, 0.15) is 24.3 Å². The van der Waals surface area contributed by atoms with Gasteiger partial charge in [0, 0.05) is 17.9 Å². The van der Waals surface area contributed by atoms with E-state index in [1.54, 1.807) is 0 Å². The van der Waals surface area contributed by atoms with Crippen LogP contribution in [-0.2, 0) is 7.05 Å². The lowest BCUT2D eigenvalue weighted by Gasteiger charge is -2.21. The lowest BCUT2D eigenvalue weighted by molar-refractivity contribution is -0.391. The van der Waals surface area contributed by atoms with Crippen molar-refractivity contribution in [3.63, 3.8) is 0 Å². The Morgan fingerprint density at radius 3 is 2.61 bits per heavy atom. The van der Waals surface area contributed by atoms with E-state index in [0.29, 0.717) is 6.54 Å². The lowest BCUT2D eigenvalue weighted by atomic mass is 9.97. The molecule has 0 unspecified atom stereocenters. The second-order valence-electron chi connectivity index (χ2n) is 4.87. The molecule has 1 amide bonds. The molecule has 0 aromatic carbocycles. The number of alkyl halides is 1. The van der Waals surface area contributed by atoms with Crippen LogP contribution in [0.25, 0.3) is 0 Å². The summed E-state index contributed by atoms with van der Waals surface area (Å²) >= 11 is 3.37. The summed E-state index contributed by atoms with van der Waals surface area (Å²) in [4.78, 5) is 22.0. The highest BCUT2D eigenvalue weighted by Crippen LogP contribution is 2.18. The van der Waals surface area contributed by atoms with Crippen molar-refractivity contribution in [2.45, 2.75) is 13.8 Å². The van der Waals surface area contributed by atoms with Crippen molar-refractivity contribution in [3.05, 3.63) is 27.9 Å². The summed E-state index contributed by atoms with van der Waals surface area (Å²) in [5.41, 5.74) is 0.222. The zero-order valence-corrected chi connectivity index (χ0v) is 12.2. The van der Waals surface area contributed by atoms with E-state index >= 15 is 0 Å². The van der Waals surface area contributed by atoms with Crippen molar-refractivity contribution in [2.24, 2.45) is 12.5 Å². The first kappa shape index (κ1) is 14.7. The molecule has 0 saturated heterocycles. The Hall–Kier alpha value is -1.37. The summed E-state index contributed by atoms with van der Waals surface area (Å²) in [7, 11) is 1.50. The summed E-state index contributed by atoms with van der Waals surface area (Å²) in [6.45, 7) is 4.51. The zero-order chi connectivity index (χ0) is 13.9. The van der Waals surface area contributed by atoms with Gasteiger partial charge in [-0.2, -0.15) is 0 Å². The minimum Gasteiger partial charge on any atom is -0.358 e. The van der Waals surface area contributed by atoms with Gasteiger partial charge in [-0.15, -0.1) is 0 Å². The fourth-order valence-electron chi connectivity index (χ4n) is 1.37. The molecule has 0 bridgehead atoms. The molecule has 0 radical (unpaired) electrons. The second-order valence-corrected chi connectivity index (χ2v) is 5.43. The Bertz CT molecular complexity index is 468. The first-order chi connectivity index (χ1) is 8.28. The third kappa shape index (κ3) is 3.32. The van der Waals surface area contributed by atoms with E-state index in [2.05, 4.69) is 21.2 Å². The number of carbonyl (C=O) groups is 1. The van der Waals surface area contributed by atoms with Gasteiger partial charge in [-0.05, 0) is 16.4 Å². The van der Waals surface area contributed by atoms with Gasteiger partial charge in [-0.1, -0.05) is 29.8 Å². The maximum Gasteiger partial charge on any atom is 0.323 e. The molecule has 0 fully saturated rings. The van der Waals surface area contributed by atoms with Crippen LogP contribution in [0.15, 0.2) is 12.1 Å². The molecule has 100 valence electrons. The molecular formula is C11H16BrN3O3. The van der Waals surface area contributed by atoms with Crippen molar-refractivity contribution < 1.29 is 9.72 Å². The first-order valence-corrected chi connectivity index (χ1v) is 6.55. The third-order valence-corrected chi connectivity index (χ3v) is 4.12. The number of aromatic nitrogens is 1. The van der Waals surface area contributed by atoms with Gasteiger partial charge in [0.1, 0.15) is 0 Å². The van der Waals surface area contributed by atoms with E-state index in [4.69, 9.17) is 0 Å². The molecule has 1 aromatic heterocycles. The fraction of sp³-hybridized carbons (Fsp3) is 0.545. The van der Waals surface area contributed by atoms with Crippen LogP contribution >= 0.6 is 15.9 Å². The molecule has 0 aliphatic carbocycles. The van der Waals surface area contributed by atoms with Crippen LogP contribution in [0.5, 0.6) is 0 Å². The largest absolute Gasteiger partial charge is 0.358 e. The number of nitrogens with one attached hydrogen (secondary N) is 1. The Labute approximate surface area is 114 Å². The molecule has 1 rings (SSSR count). The Balaban J connectivity index is 2.77. The van der Waals surface area contributed by atoms with Crippen LogP contribution in [0.3, 0.4) is 0 Å². The first-order valence-electron chi connectivity index (χ1n) is 5.43. The molecule has 18 heavy (non-hydrogen) atoms. The number of nitro groups is 1. The maximum atomic E-state index is 11.9. The summed E-state index contributed by atoms with van der Waals surface area (Å²) in [6.07, 6.45) is 0. The van der Waals surface area contributed by atoms with Crippen LogP contribution in [0.2, 0.25) is 0 Å². The van der Waals surface area contributed by atoms with Crippen LogP contribution < -0.4 is 5.32 Å². The number of carbonyl (C=O) groups excluding carboxylic acids is 1. The van der Waals surface area contributed by atoms with Crippen molar-refractivity contribution >= 4 is 27.7 Å². The van der Waals surface area contributed by atoms with Gasteiger partial charge in [0.15, 0.2) is 5.69 Å². The van der Waals surface area contributed by atoms with Crippen molar-refractivity contribution in [1.29, 1.82) is 0 Å². The Morgan fingerprint density at radius 2 is 2.17 bits per heavy atom. The average molecular weight is 318 g/mol. The molecular weight excluding hydrogens is 302 g/mol. The fourth-order valence-corrected chi connectivity index (χ4v) is 1.57. The number of hydrogen-bond donors (Lipinski definition) is 1. The maximum absolute atomic E-state index is 11.9. The third-order valence-electron chi connectivity index (χ3n) is 2.60. The standard InChI is InChI=1S/C11H16BrN3O3/c1-11(2,6-12)7-13-10(16)8-4-5-9(14(8)3)15(17)18/h4-5H,6-7H2,1-3H3,(H,13,16). The van der Waals surface area contributed by atoms with Gasteiger partial charge in [-0.3, -0.25) is 4.79 Å². The Morgan fingerprint density at radius 1 is 1.56 bits per heavy atom. The van der Waals surface area contributed by atoms with Crippen molar-refractivity contribution in [1.82, 2.24) is 9.88 Å². The smallest absolute Gasteiger partial charge is 0.323 e. The highest BCUT2D eigenvalue weighted by atomic mass is 79.9. The minimum absolute atomic E-state index is 0.0627. The molecule has 0 spiro atoms. The highest BCUT2D eigenvalue weighted by Gasteiger charge is 2.23. The number of hydrogen-bond acceptors (Lipinski definition) is 3. The molecule has 0 aliphatic rings. The predicted octanol–water partition coefficient (Wildman–Crippen LogP) is 2.08. The molecule has 1 aromatic rings. The SMILES string of the molecule is Cn1c(C(=O)NCC(C)(C)CBr)ccc1[N+](=O)[O-]. The van der Waals surface area contributed by atoms with Gasteiger partial charge in [0.2, 0.25) is 0 Å². The lowest BCUT2D eigenvalue weighted by Crippen LogP contribution is -2.35. The summed E-state index contributed by atoms with van der Waals surface area (Å²) < 4.78 is 1.27. The number of rotatable bonds is 5. The summed E-state index contributed by atoms with van der Waals surface area (Å²) in [6, 6.07) is 2.78. The van der Waals surface area contributed by atoms with E-state index in [1.807, 2.05) is 13.8 Å². The van der Waals surface area contributed by atoms with E-state index in [-0.39, 0.29) is 22.8 Å². The second kappa shape index (κ2) is 5.51. The quantitative estimate of drug-likeness (QED) is 0.513. The topological polar surface area (TPSA) is 77.2 Å². The normalized spacial score (nSPS) is 11.3. The van der Waals surface area contributed by atoms with E-state index < -0.39 is 4.92 Å². The summed E-state index contributed by atoms with van der Waals surface area (Å²) in [5, 5.41) is 14.2. The molecule has 1 heterocycles. The molecule has 1 N–H and O–H groups in total. The molecule has 6 nitrogen and oxygen atoms in total. The zero-order valence-electron chi connectivity index (χ0n) is 10.6. The minimum atomic E-state index is -0.515. The van der Waals surface area contributed by atoms with Gasteiger partial charge >= 0.3 is 5.82 Å². The van der Waals surface area contributed by atoms with Gasteiger partial charge in [0.25, 0.3) is 5.91 Å². The van der Waals surface area contributed by atoms with E-state index in [9.17, 15) is 14.9 Å². The number of amides is 1. The summed E-state index contributed by atoms with van der Waals surface area (Å²) in [5.74, 6) is -0.403. The van der Waals surface area contributed by atoms with Gasteiger partial charge in [0.05, 0.1) is 7.05 Å². The molecule has 0 atom stereocenters. The molecule has 7 heteroatoms. The number of halogens is 1. The van der Waals surface area contributed by atoms with Crippen molar-refractivity contribution in [3.8, 4) is 0 Å². The highest BCUT2D eigenvalue weighted by molar-refractivity contribution is 9.09. The van der Waals surface area contributed by atoms with Gasteiger partial charge < -0.3 is 15.4 Å². The van der Waals surface area contributed by atoms with E-state index in [0.717, 1.165) is 5.33 Å². The van der Waals surface area contributed by atoms with Crippen molar-refractivity contribution in [2.75, 3.05) is 11.9 Å². The van der Waals surface area contributed by atoms with E-state index in [1.165, 1.54) is 23.7 Å². The van der Waals surface area contributed by atoms with Crippen LogP contribution in [0, 0.1) is 15.5 Å². The predicted molar refractivity (Wildman–Crippen MR) is 72.0 cm³/mol. The Kier molecular flexibility index (Phi) is 4.50. The van der Waals surface area contributed by atoms with Crippen LogP contribution in [0.4, 0.5) is 5.82 Å². The monoisotopic (exact) mass is 317 g/mol. The molecule has 0 aliphatic heterocycles. The molecule has 0 saturated carbocycles. The van der Waals surface area contributed by atoms with Gasteiger partial charge in [-0.25, -0.2) is 4.57 Å². The van der Waals surface area contributed by atoms with Crippen LogP contribution in [-0.4, -0.2) is 27.3 Å². The number of nitrogens with zero attached hydrogens (tertiary/aromatic N) is 2.